The zero-order valence-electron chi connectivity index (χ0n) is 6.62. The smallest absolute Gasteiger partial charge is 0.234 e. The van der Waals surface area contributed by atoms with E-state index in [0.29, 0.717) is 3.57 Å². The number of pyridine rings is 1. The maximum atomic E-state index is 12.2. The molecule has 1 aromatic heterocycles. The molecular weight excluding hydrogens is 329 g/mol. The third-order valence-corrected chi connectivity index (χ3v) is 2.72. The molecule has 1 rings (SSSR count). The Bertz CT molecular complexity index is 449. The van der Waals surface area contributed by atoms with Crippen molar-refractivity contribution in [2.45, 2.75) is 11.5 Å². The second kappa shape index (κ2) is 4.03. The van der Waals surface area contributed by atoms with Gasteiger partial charge in [-0.2, -0.15) is 0 Å². The number of sulfonamides is 1. The summed E-state index contributed by atoms with van der Waals surface area (Å²) in [7, 11) is -4.03. The average Bonchev–Trinajstić information content (AvgIpc) is 2.01. The van der Waals surface area contributed by atoms with E-state index in [-0.39, 0.29) is 0 Å². The fraction of sp³-hybridized carbons (Fsp3) is 0.167. The highest BCUT2D eigenvalue weighted by Crippen LogP contribution is 2.20. The Balaban J connectivity index is 3.35. The summed E-state index contributed by atoms with van der Waals surface area (Å²) in [5, 5.41) is 4.21. The van der Waals surface area contributed by atoms with Crippen LogP contribution in [0.3, 0.4) is 0 Å². The summed E-state index contributed by atoms with van der Waals surface area (Å²) in [6.45, 7) is 0. The van der Waals surface area contributed by atoms with Crippen LogP contribution in [0.4, 0.5) is 8.78 Å². The number of hydrogen-bond donors (Lipinski definition) is 1. The Morgan fingerprint density at radius 3 is 2.43 bits per heavy atom. The molecule has 0 unspecified atom stereocenters. The van der Waals surface area contributed by atoms with E-state index in [1.54, 1.807) is 22.6 Å². The molecule has 1 aromatic rings. The first-order chi connectivity index (χ1) is 6.30. The number of nitrogens with two attached hydrogens (primary N) is 1. The van der Waals surface area contributed by atoms with Crippen LogP contribution >= 0.6 is 22.6 Å². The second-order valence-corrected chi connectivity index (χ2v) is 5.15. The zero-order chi connectivity index (χ0) is 10.9. The maximum Gasteiger partial charge on any atom is 0.280 e. The van der Waals surface area contributed by atoms with Crippen molar-refractivity contribution in [1.82, 2.24) is 4.98 Å². The normalized spacial score (nSPS) is 12.1. The number of nitrogens with zero attached hydrogens (tertiary/aromatic N) is 1. The molecule has 0 bridgehead atoms. The predicted octanol–water partition coefficient (Wildman–Crippen LogP) is 1.27. The first kappa shape index (κ1) is 11.7. The highest BCUT2D eigenvalue weighted by Gasteiger charge is 2.16. The van der Waals surface area contributed by atoms with Gasteiger partial charge in [0.1, 0.15) is 5.69 Å². The van der Waals surface area contributed by atoms with Gasteiger partial charge in [0, 0.05) is 3.57 Å². The van der Waals surface area contributed by atoms with E-state index in [0.717, 1.165) is 12.1 Å². The molecule has 1 heterocycles. The van der Waals surface area contributed by atoms with Gasteiger partial charge in [-0.05, 0) is 34.7 Å². The van der Waals surface area contributed by atoms with Crippen LogP contribution in [0.15, 0.2) is 17.2 Å². The molecule has 0 radical (unpaired) electrons. The molecule has 0 amide bonds. The van der Waals surface area contributed by atoms with Crippen LogP contribution in [0.5, 0.6) is 0 Å². The molecule has 0 spiro atoms. The number of aromatic nitrogens is 1. The average molecular weight is 334 g/mol. The van der Waals surface area contributed by atoms with Crippen molar-refractivity contribution in [1.29, 1.82) is 0 Å². The fourth-order valence-corrected chi connectivity index (χ4v) is 2.10. The molecule has 0 atom stereocenters. The highest BCUT2D eigenvalue weighted by molar-refractivity contribution is 14.1. The van der Waals surface area contributed by atoms with Crippen LogP contribution in [-0.2, 0) is 10.0 Å². The monoisotopic (exact) mass is 334 g/mol. The van der Waals surface area contributed by atoms with E-state index >= 15 is 0 Å². The van der Waals surface area contributed by atoms with E-state index < -0.39 is 27.2 Å². The molecule has 0 aliphatic rings. The lowest BCUT2D eigenvalue weighted by atomic mass is 10.4. The van der Waals surface area contributed by atoms with Crippen LogP contribution in [0.1, 0.15) is 12.1 Å². The molecule has 0 saturated carbocycles. The number of alkyl halides is 2. The fourth-order valence-electron chi connectivity index (χ4n) is 0.750. The first-order valence-corrected chi connectivity index (χ1v) is 5.91. The van der Waals surface area contributed by atoms with Crippen LogP contribution < -0.4 is 5.14 Å². The minimum absolute atomic E-state index is 0.344. The largest absolute Gasteiger partial charge is 0.280 e. The van der Waals surface area contributed by atoms with Crippen molar-refractivity contribution in [3.05, 3.63) is 21.4 Å². The Morgan fingerprint density at radius 1 is 1.43 bits per heavy atom. The van der Waals surface area contributed by atoms with Gasteiger partial charge in [-0.25, -0.2) is 27.3 Å². The van der Waals surface area contributed by atoms with E-state index in [9.17, 15) is 17.2 Å². The summed E-state index contributed by atoms with van der Waals surface area (Å²) in [6, 6.07) is 2.22. The summed E-state index contributed by atoms with van der Waals surface area (Å²) in [5.74, 6) is 0. The van der Waals surface area contributed by atoms with Crippen molar-refractivity contribution in [3.63, 3.8) is 0 Å². The van der Waals surface area contributed by atoms with Crippen molar-refractivity contribution in [2.24, 2.45) is 5.14 Å². The van der Waals surface area contributed by atoms with Gasteiger partial charge >= 0.3 is 0 Å². The molecule has 0 fully saturated rings. The Labute approximate surface area is 92.7 Å². The number of primary sulfonamides is 1. The number of halogens is 3. The standard InChI is InChI=1S/C6H5F2IN2O2S/c7-6(8)4-1-3(9)2-5(11-4)14(10,12)13/h1-2,6H,(H2,10,12,13). The van der Waals surface area contributed by atoms with Crippen LogP contribution in [-0.4, -0.2) is 13.4 Å². The summed E-state index contributed by atoms with van der Waals surface area (Å²) in [4.78, 5) is 3.24. The van der Waals surface area contributed by atoms with Gasteiger partial charge < -0.3 is 0 Å². The SMILES string of the molecule is NS(=O)(=O)c1cc(I)cc(C(F)F)n1. The van der Waals surface area contributed by atoms with Crippen LogP contribution in [0, 0.1) is 3.57 Å². The van der Waals surface area contributed by atoms with E-state index in [4.69, 9.17) is 5.14 Å². The topological polar surface area (TPSA) is 73.1 Å². The predicted molar refractivity (Wildman–Crippen MR) is 53.3 cm³/mol. The first-order valence-electron chi connectivity index (χ1n) is 3.29. The van der Waals surface area contributed by atoms with Crippen molar-refractivity contribution in [2.75, 3.05) is 0 Å². The van der Waals surface area contributed by atoms with E-state index in [2.05, 4.69) is 4.98 Å². The molecule has 0 aliphatic heterocycles. The second-order valence-electron chi connectivity index (χ2n) is 2.39. The Morgan fingerprint density at radius 2 is 2.00 bits per heavy atom. The summed E-state index contributed by atoms with van der Waals surface area (Å²) in [5.41, 5.74) is -0.596. The third kappa shape index (κ3) is 2.82. The van der Waals surface area contributed by atoms with Gasteiger partial charge in [-0.15, -0.1) is 0 Å². The third-order valence-electron chi connectivity index (χ3n) is 1.30. The molecule has 4 nitrogen and oxygen atoms in total. The van der Waals surface area contributed by atoms with Crippen LogP contribution in [0.2, 0.25) is 0 Å². The number of rotatable bonds is 2. The molecular formula is C6H5F2IN2O2S. The molecule has 78 valence electrons. The van der Waals surface area contributed by atoms with Gasteiger partial charge in [0.05, 0.1) is 0 Å². The molecule has 0 saturated heterocycles. The molecule has 2 N–H and O–H groups in total. The van der Waals surface area contributed by atoms with Gasteiger partial charge in [-0.3, -0.25) is 0 Å². The highest BCUT2D eigenvalue weighted by atomic mass is 127. The molecule has 0 aliphatic carbocycles. The minimum atomic E-state index is -4.03. The summed E-state index contributed by atoms with van der Waals surface area (Å²) in [6.07, 6.45) is -2.81. The lowest BCUT2D eigenvalue weighted by molar-refractivity contribution is 0.145. The Kier molecular flexibility index (Phi) is 3.37. The van der Waals surface area contributed by atoms with Crippen molar-refractivity contribution >= 4 is 32.6 Å². The lowest BCUT2D eigenvalue weighted by Gasteiger charge is -2.02. The quantitative estimate of drug-likeness (QED) is 0.828. The lowest BCUT2D eigenvalue weighted by Crippen LogP contribution is -2.15. The summed E-state index contributed by atoms with van der Waals surface area (Å²) >= 11 is 1.71. The van der Waals surface area contributed by atoms with Crippen molar-refractivity contribution in [3.8, 4) is 0 Å². The molecule has 0 aromatic carbocycles. The zero-order valence-corrected chi connectivity index (χ0v) is 9.59. The van der Waals surface area contributed by atoms with Crippen LogP contribution in [0.25, 0.3) is 0 Å². The van der Waals surface area contributed by atoms with Gasteiger partial charge in [0.25, 0.3) is 16.4 Å². The summed E-state index contributed by atoms with van der Waals surface area (Å²) < 4.78 is 46.4. The van der Waals surface area contributed by atoms with E-state index in [1.165, 1.54) is 0 Å². The Hall–Kier alpha value is -0.350. The minimum Gasteiger partial charge on any atom is -0.234 e. The maximum absolute atomic E-state index is 12.2. The van der Waals surface area contributed by atoms with Gasteiger partial charge in [0.2, 0.25) is 0 Å². The molecule has 8 heteroatoms. The van der Waals surface area contributed by atoms with Gasteiger partial charge in [-0.1, -0.05) is 0 Å². The van der Waals surface area contributed by atoms with E-state index in [1.807, 2.05) is 0 Å². The van der Waals surface area contributed by atoms with Crippen molar-refractivity contribution < 1.29 is 17.2 Å². The molecule has 14 heavy (non-hydrogen) atoms. The van der Waals surface area contributed by atoms with Gasteiger partial charge in [0.15, 0.2) is 5.03 Å². The number of hydrogen-bond acceptors (Lipinski definition) is 3.